The van der Waals surface area contributed by atoms with Crippen LogP contribution in [0.4, 0.5) is 11.5 Å². The molecule has 3 aliphatic rings. The minimum absolute atomic E-state index is 0.0666. The van der Waals surface area contributed by atoms with Crippen LogP contribution in [-0.4, -0.2) is 40.5 Å². The predicted molar refractivity (Wildman–Crippen MR) is 137 cm³/mol. The fraction of sp³-hybridized carbons (Fsp3) is 0.500. The Morgan fingerprint density at radius 1 is 1.06 bits per heavy atom. The Labute approximate surface area is 215 Å². The number of fused-ring (bicyclic) bond motifs is 2. The zero-order valence-corrected chi connectivity index (χ0v) is 21.4. The zero-order chi connectivity index (χ0) is 24.7. The van der Waals surface area contributed by atoms with Gasteiger partial charge in [-0.25, -0.2) is 4.98 Å². The number of piperidine rings is 1. The van der Waals surface area contributed by atoms with Crippen LogP contribution >= 0.6 is 23.2 Å². The van der Waals surface area contributed by atoms with Gasteiger partial charge in [-0.05, 0) is 82.7 Å². The van der Waals surface area contributed by atoms with Crippen molar-refractivity contribution in [1.82, 2.24) is 10.3 Å². The zero-order valence-electron chi connectivity index (χ0n) is 19.9. The second kappa shape index (κ2) is 9.51. The third kappa shape index (κ3) is 5.36. The normalized spacial score (nSPS) is 23.7. The second-order valence-electron chi connectivity index (χ2n) is 10.3. The minimum atomic E-state index is -1.09. The van der Waals surface area contributed by atoms with Crippen LogP contribution in [0.5, 0.6) is 5.75 Å². The summed E-state index contributed by atoms with van der Waals surface area (Å²) in [5.41, 5.74) is -0.348. The number of nitrogens with zero attached hydrogens (tertiary/aromatic N) is 2. The Balaban J connectivity index is 1.19. The molecule has 2 amide bonds. The van der Waals surface area contributed by atoms with Gasteiger partial charge >= 0.3 is 0 Å². The molecule has 3 heterocycles. The first-order chi connectivity index (χ1) is 16.7. The maximum Gasteiger partial charge on any atom is 0.263 e. The van der Waals surface area contributed by atoms with Gasteiger partial charge in [-0.1, -0.05) is 23.2 Å². The van der Waals surface area contributed by atoms with Crippen molar-refractivity contribution in [1.29, 1.82) is 0 Å². The van der Waals surface area contributed by atoms with Crippen molar-refractivity contribution in [2.24, 2.45) is 5.92 Å². The molecule has 186 valence electrons. The minimum Gasteiger partial charge on any atom is -0.476 e. The average molecular weight is 517 g/mol. The molecule has 2 N–H and O–H groups in total. The highest BCUT2D eigenvalue weighted by molar-refractivity contribution is 6.35. The fourth-order valence-electron chi connectivity index (χ4n) is 5.11. The second-order valence-corrected chi connectivity index (χ2v) is 11.1. The van der Waals surface area contributed by atoms with E-state index in [4.69, 9.17) is 27.9 Å². The summed E-state index contributed by atoms with van der Waals surface area (Å²) in [6, 6.07) is 9.57. The third-order valence-electron chi connectivity index (χ3n) is 7.10. The molecule has 3 atom stereocenters. The molecule has 0 spiro atoms. The van der Waals surface area contributed by atoms with Gasteiger partial charge in [0.15, 0.2) is 5.60 Å². The van der Waals surface area contributed by atoms with Gasteiger partial charge in [0.1, 0.15) is 11.6 Å². The predicted octanol–water partition coefficient (Wildman–Crippen LogP) is 5.21. The van der Waals surface area contributed by atoms with Gasteiger partial charge in [-0.3, -0.25) is 9.59 Å². The van der Waals surface area contributed by atoms with Gasteiger partial charge in [-0.2, -0.15) is 0 Å². The summed E-state index contributed by atoms with van der Waals surface area (Å²) in [7, 11) is 0. The van der Waals surface area contributed by atoms with E-state index in [9.17, 15) is 9.59 Å². The van der Waals surface area contributed by atoms with Crippen molar-refractivity contribution in [3.8, 4) is 5.75 Å². The Morgan fingerprint density at radius 3 is 2.37 bits per heavy atom. The highest BCUT2D eigenvalue weighted by Crippen LogP contribution is 2.39. The fourth-order valence-corrected chi connectivity index (χ4v) is 5.56. The number of anilines is 2. The maximum absolute atomic E-state index is 13.1. The van der Waals surface area contributed by atoms with Crippen LogP contribution in [0.15, 0.2) is 36.5 Å². The molecule has 3 fully saturated rings. The summed E-state index contributed by atoms with van der Waals surface area (Å²) >= 11 is 12.2. The number of benzene rings is 1. The SMILES string of the molecule is CC(C)(Oc1ccc(Cl)cc1Cl)C(=O)N[C@H]1C[C@H]2CC[C@@H](C1)N2c1ccc(NC(=O)C2CC2)cn1. The van der Waals surface area contributed by atoms with Crippen LogP contribution in [0, 0.1) is 5.92 Å². The van der Waals surface area contributed by atoms with E-state index in [1.165, 1.54) is 0 Å². The van der Waals surface area contributed by atoms with E-state index >= 15 is 0 Å². The molecule has 2 aromatic rings. The van der Waals surface area contributed by atoms with Crippen LogP contribution in [-0.2, 0) is 9.59 Å². The number of pyridine rings is 1. The van der Waals surface area contributed by atoms with Gasteiger partial charge in [-0.15, -0.1) is 0 Å². The first-order valence-corrected chi connectivity index (χ1v) is 13.0. The summed E-state index contributed by atoms with van der Waals surface area (Å²) in [4.78, 5) is 32.1. The number of aromatic nitrogens is 1. The summed E-state index contributed by atoms with van der Waals surface area (Å²) in [5.74, 6) is 1.43. The Bertz CT molecular complexity index is 1110. The first kappa shape index (κ1) is 24.2. The van der Waals surface area contributed by atoms with Crippen molar-refractivity contribution < 1.29 is 14.3 Å². The molecule has 2 saturated heterocycles. The molecule has 2 bridgehead atoms. The molecule has 0 radical (unpaired) electrons. The molecule has 1 aromatic carbocycles. The number of nitrogens with one attached hydrogen (secondary N) is 2. The van der Waals surface area contributed by atoms with Crippen LogP contribution in [0.1, 0.15) is 52.4 Å². The molecule has 1 saturated carbocycles. The van der Waals surface area contributed by atoms with Crippen LogP contribution in [0.3, 0.4) is 0 Å². The molecule has 1 aromatic heterocycles. The molecule has 9 heteroatoms. The van der Waals surface area contributed by atoms with E-state index in [-0.39, 0.29) is 23.8 Å². The van der Waals surface area contributed by atoms with E-state index < -0.39 is 5.60 Å². The first-order valence-electron chi connectivity index (χ1n) is 12.2. The molecule has 1 aliphatic carbocycles. The topological polar surface area (TPSA) is 83.6 Å². The summed E-state index contributed by atoms with van der Waals surface area (Å²) < 4.78 is 5.95. The molecule has 2 aliphatic heterocycles. The Kier molecular flexibility index (Phi) is 6.57. The Hall–Kier alpha value is -2.51. The summed E-state index contributed by atoms with van der Waals surface area (Å²) in [6.07, 6.45) is 7.53. The standard InChI is InChI=1S/C26H30Cl2N4O3/c1-26(2,35-22-9-5-16(27)11-21(22)28)25(34)31-18-12-19-7-8-20(13-18)32(19)23-10-6-17(14-29-23)30-24(33)15-3-4-15/h5-6,9-11,14-15,18-20H,3-4,7-8,12-13H2,1-2H3,(H,30,33)(H,31,34)/t18-,19+,20-. The number of rotatable bonds is 7. The highest BCUT2D eigenvalue weighted by Gasteiger charge is 2.43. The van der Waals surface area contributed by atoms with Crippen LogP contribution < -0.4 is 20.3 Å². The number of amides is 2. The summed E-state index contributed by atoms with van der Waals surface area (Å²) in [5, 5.41) is 7.03. The molecule has 5 rings (SSSR count). The van der Waals surface area contributed by atoms with Gasteiger partial charge in [0, 0.05) is 29.1 Å². The smallest absolute Gasteiger partial charge is 0.263 e. The van der Waals surface area contributed by atoms with E-state index in [1.807, 2.05) is 12.1 Å². The lowest BCUT2D eigenvalue weighted by Gasteiger charge is -2.40. The van der Waals surface area contributed by atoms with E-state index in [1.54, 1.807) is 38.2 Å². The molecular formula is C26H30Cl2N4O3. The maximum atomic E-state index is 13.1. The molecule has 35 heavy (non-hydrogen) atoms. The average Bonchev–Trinajstić information content (AvgIpc) is 3.62. The number of carbonyl (C=O) groups is 2. The highest BCUT2D eigenvalue weighted by atomic mass is 35.5. The van der Waals surface area contributed by atoms with Gasteiger partial charge < -0.3 is 20.3 Å². The van der Waals surface area contributed by atoms with Gasteiger partial charge in [0.05, 0.1) is 16.9 Å². The molecule has 0 unspecified atom stereocenters. The molecular weight excluding hydrogens is 487 g/mol. The third-order valence-corrected chi connectivity index (χ3v) is 7.63. The van der Waals surface area contributed by atoms with Crippen LogP contribution in [0.2, 0.25) is 10.0 Å². The largest absolute Gasteiger partial charge is 0.476 e. The Morgan fingerprint density at radius 2 is 1.77 bits per heavy atom. The number of carbonyl (C=O) groups excluding carboxylic acids is 2. The lowest BCUT2D eigenvalue weighted by Crippen LogP contribution is -2.55. The van der Waals surface area contributed by atoms with Crippen molar-refractivity contribution >= 4 is 46.5 Å². The lowest BCUT2D eigenvalue weighted by molar-refractivity contribution is -0.135. The van der Waals surface area contributed by atoms with Gasteiger partial charge in [0.25, 0.3) is 5.91 Å². The number of hydrogen-bond donors (Lipinski definition) is 2. The van der Waals surface area contributed by atoms with Crippen LogP contribution in [0.25, 0.3) is 0 Å². The lowest BCUT2D eigenvalue weighted by atomic mass is 9.96. The monoisotopic (exact) mass is 516 g/mol. The van der Waals surface area contributed by atoms with E-state index in [2.05, 4.69) is 20.5 Å². The van der Waals surface area contributed by atoms with E-state index in [0.717, 1.165) is 50.0 Å². The van der Waals surface area contributed by atoms with Crippen molar-refractivity contribution in [3.63, 3.8) is 0 Å². The number of halogens is 2. The van der Waals surface area contributed by atoms with Gasteiger partial charge in [0.2, 0.25) is 5.91 Å². The quantitative estimate of drug-likeness (QED) is 0.527. The number of hydrogen-bond acceptors (Lipinski definition) is 5. The van der Waals surface area contributed by atoms with E-state index in [0.29, 0.717) is 27.9 Å². The molecule has 7 nitrogen and oxygen atoms in total. The van der Waals surface area contributed by atoms with Crippen molar-refractivity contribution in [2.75, 3.05) is 10.2 Å². The number of ether oxygens (including phenoxy) is 1. The van der Waals surface area contributed by atoms with Crippen molar-refractivity contribution in [2.45, 2.75) is 76.1 Å². The summed E-state index contributed by atoms with van der Waals surface area (Å²) in [6.45, 7) is 3.48. The van der Waals surface area contributed by atoms with Crippen molar-refractivity contribution in [3.05, 3.63) is 46.6 Å².